The predicted octanol–water partition coefficient (Wildman–Crippen LogP) is 18.3. The Balaban J connectivity index is 1.01. The highest BCUT2D eigenvalue weighted by atomic mass is 19.4. The molecule has 0 aromatic heterocycles. The van der Waals surface area contributed by atoms with Crippen LogP contribution in [0, 0.1) is 0 Å². The second-order valence-electron chi connectivity index (χ2n) is 27.1. The molecule has 0 fully saturated rings. The van der Waals surface area contributed by atoms with Gasteiger partial charge in [-0.05, 0) is 194 Å². The molecule has 1 heterocycles. The van der Waals surface area contributed by atoms with E-state index in [0.29, 0.717) is 48.9 Å². The van der Waals surface area contributed by atoms with E-state index in [0.717, 1.165) is 78.9 Å². The van der Waals surface area contributed by atoms with Crippen LogP contribution >= 0.6 is 0 Å². The van der Waals surface area contributed by atoms with Gasteiger partial charge in [0.15, 0.2) is 0 Å². The highest BCUT2D eigenvalue weighted by Crippen LogP contribution is 2.59. The van der Waals surface area contributed by atoms with Crippen molar-refractivity contribution < 1.29 is 121 Å². The van der Waals surface area contributed by atoms with E-state index in [2.05, 4.69) is 16.0 Å². The quantitative estimate of drug-likeness (QED) is 0.0213. The number of fused-ring (bicyclic) bond motifs is 1. The summed E-state index contributed by atoms with van der Waals surface area (Å²) in [6.07, 6.45) is -22.8. The summed E-state index contributed by atoms with van der Waals surface area (Å²) in [5.41, 5.74) is -25.3. The number of nitrogens with one attached hydrogen (secondary N) is 4. The third kappa shape index (κ3) is 14.9. The maximum Gasteiger partial charge on any atom is 0.417 e. The molecule has 18 nitrogen and oxygen atoms in total. The van der Waals surface area contributed by atoms with Crippen LogP contribution in [0.3, 0.4) is 0 Å². The van der Waals surface area contributed by atoms with Crippen LogP contribution in [0.5, 0.6) is 11.5 Å². The molecule has 30 heteroatoms. The number of hydrogen-bond acceptors (Lipinski definition) is 10. The molecule has 3 unspecified atom stereocenters. The average Bonchev–Trinajstić information content (AvgIpc) is 0.700. The summed E-state index contributed by atoms with van der Waals surface area (Å²) in [4.78, 5) is 106. The number of ether oxygens (including phenoxy) is 1. The molecule has 1 aliphatic heterocycles. The summed E-state index contributed by atoms with van der Waals surface area (Å²) in [6.45, 7) is 14.1. The zero-order chi connectivity index (χ0) is 80.3. The van der Waals surface area contributed by atoms with Crippen LogP contribution in [0.2, 0.25) is 0 Å². The van der Waals surface area contributed by atoms with Crippen LogP contribution in [0.1, 0.15) is 204 Å². The number of aromatic hydroxyl groups is 1. The summed E-state index contributed by atoms with van der Waals surface area (Å²) in [6, 6.07) is 20.1. The number of carboxylic acids is 4. The molecule has 4 amide bonds. The second kappa shape index (κ2) is 28.9. The third-order valence-corrected chi connectivity index (χ3v) is 20.4. The third-order valence-electron chi connectivity index (χ3n) is 20.4. The van der Waals surface area contributed by atoms with E-state index in [1.165, 1.54) is 52.8 Å². The standard InChI is InChI=1S/C78H68F12N4O14/c1-10-70(5,6)93-64(98)49-23-15-41(33-55(49)69(106)107)38-16-24-50(66(100)101)52(30-38)63(97)91-45-21-27-47(57(37-45)76(82,83)84)46-26-18-42(34-56(46)75(79,80)81)71(7,11-2)73(9,13-4)94-65(99)53-31-39(17-25-51(53)67(102)103)40-14-22-48(54(32-40)68(104)105)62(96)92-59-36-44(19-28-60(59)95)74(77(85,86)87,78(88,89)90)43-20-29-61-58(35-43)72(8,12-3)108-61/h14-37,95H,10-13H2,1-9H3,(H,91,97)(H,92,96)(H,93,98)(H,94,99)(H,100,101)(H,102,103)(H,104,105)(H,106,107). The number of rotatable bonds is 23. The van der Waals surface area contributed by atoms with Crippen molar-refractivity contribution in [3.63, 3.8) is 0 Å². The van der Waals surface area contributed by atoms with E-state index in [4.69, 9.17) is 4.74 Å². The van der Waals surface area contributed by atoms with Gasteiger partial charge in [-0.3, -0.25) is 19.2 Å². The van der Waals surface area contributed by atoms with Crippen LogP contribution in [0.4, 0.5) is 64.1 Å². The van der Waals surface area contributed by atoms with E-state index in [-0.39, 0.29) is 70.0 Å². The smallest absolute Gasteiger partial charge is 0.417 e. The van der Waals surface area contributed by atoms with Gasteiger partial charge >= 0.3 is 48.6 Å². The number of benzene rings is 8. The van der Waals surface area contributed by atoms with Gasteiger partial charge in [0.2, 0.25) is 5.41 Å². The number of halogens is 12. The van der Waals surface area contributed by atoms with Crippen molar-refractivity contribution in [2.45, 2.75) is 140 Å². The fraction of sp³-hybridized carbons (Fsp3) is 0.282. The number of amides is 4. The highest BCUT2D eigenvalue weighted by Gasteiger charge is 2.73. The SMILES string of the molecule is CCC(C)(C)NC(=O)c1ccc(-c2ccc(C(=O)O)c(C(=O)Nc3ccc(-c4ccc(C(C)(CC)C(C)(CC)NC(=O)c5cc(-c6ccc(C(=O)Nc7cc(C(c8ccc9c(c8)C(C)(CC)O9)(C(F)(F)F)C(F)(F)F)ccc7O)c(C(=O)O)c6)ccc5C(=O)O)cc4C(F)(F)F)c(C(F)(F)F)c3)c2)cc1C(=O)O. The van der Waals surface area contributed by atoms with Gasteiger partial charge in [0.25, 0.3) is 23.6 Å². The number of carboxylic acid groups (broad SMARTS) is 4. The summed E-state index contributed by atoms with van der Waals surface area (Å²) >= 11 is 0. The fourth-order valence-electron chi connectivity index (χ4n) is 13.2. The van der Waals surface area contributed by atoms with Crippen molar-refractivity contribution >= 4 is 58.9 Å². The van der Waals surface area contributed by atoms with Crippen LogP contribution in [-0.2, 0) is 28.8 Å². The van der Waals surface area contributed by atoms with Crippen LogP contribution < -0.4 is 26.0 Å². The van der Waals surface area contributed by atoms with Gasteiger partial charge in [-0.15, -0.1) is 0 Å². The molecule has 568 valence electrons. The van der Waals surface area contributed by atoms with Crippen molar-refractivity contribution in [2.75, 3.05) is 10.6 Å². The van der Waals surface area contributed by atoms with Crippen LogP contribution in [0.25, 0.3) is 33.4 Å². The number of phenols is 1. The van der Waals surface area contributed by atoms with Crippen LogP contribution in [0.15, 0.2) is 146 Å². The summed E-state index contributed by atoms with van der Waals surface area (Å²) in [5, 5.41) is 61.4. The summed E-state index contributed by atoms with van der Waals surface area (Å²) in [5.74, 6) is -12.5. The Hall–Kier alpha value is -11.7. The van der Waals surface area contributed by atoms with E-state index in [1.54, 1.807) is 27.7 Å². The van der Waals surface area contributed by atoms with Gasteiger partial charge in [0, 0.05) is 27.7 Å². The molecular formula is C78H68F12N4O14. The molecule has 0 saturated heterocycles. The normalized spacial score (nSPS) is 15.0. The summed E-state index contributed by atoms with van der Waals surface area (Å²) in [7, 11) is 0. The maximum atomic E-state index is 15.6. The average molecular weight is 1510 g/mol. The Labute approximate surface area is 607 Å². The lowest BCUT2D eigenvalue weighted by atomic mass is 9.63. The number of carbonyl (C=O) groups is 8. The zero-order valence-corrected chi connectivity index (χ0v) is 58.6. The fourth-order valence-corrected chi connectivity index (χ4v) is 13.2. The molecule has 1 aliphatic rings. The van der Waals surface area contributed by atoms with Gasteiger partial charge in [-0.2, -0.15) is 52.7 Å². The Morgan fingerprint density at radius 1 is 0.417 bits per heavy atom. The van der Waals surface area contributed by atoms with Crippen molar-refractivity contribution in [3.8, 4) is 44.9 Å². The molecule has 8 aromatic rings. The second-order valence-corrected chi connectivity index (χ2v) is 27.1. The first-order valence-electron chi connectivity index (χ1n) is 33.1. The Morgan fingerprint density at radius 2 is 0.833 bits per heavy atom. The molecule has 8 aromatic carbocycles. The minimum absolute atomic E-state index is 0.0197. The molecule has 0 spiro atoms. The van der Waals surface area contributed by atoms with Crippen molar-refractivity contribution in [3.05, 3.63) is 223 Å². The number of carbonyl (C=O) groups excluding carboxylic acids is 4. The maximum absolute atomic E-state index is 15.6. The number of alkyl halides is 12. The molecule has 9 rings (SSSR count). The molecule has 3 atom stereocenters. The highest BCUT2D eigenvalue weighted by molar-refractivity contribution is 6.13. The van der Waals surface area contributed by atoms with Gasteiger partial charge in [0.1, 0.15) is 17.1 Å². The Kier molecular flexibility index (Phi) is 21.5. The number of phenolic OH excluding ortho intramolecular Hbond substituents is 1. The molecule has 0 bridgehead atoms. The lowest BCUT2D eigenvalue weighted by molar-refractivity contribution is -0.288. The largest absolute Gasteiger partial charge is 0.506 e. The first kappa shape index (κ1) is 80.4. The Bertz CT molecular complexity index is 5010. The van der Waals surface area contributed by atoms with Crippen molar-refractivity contribution in [1.82, 2.24) is 10.6 Å². The van der Waals surface area contributed by atoms with Gasteiger partial charge in [0.05, 0.1) is 61.3 Å². The summed E-state index contributed by atoms with van der Waals surface area (Å²) < 4.78 is 191. The predicted molar refractivity (Wildman–Crippen MR) is 371 cm³/mol. The molecule has 0 radical (unpaired) electrons. The number of hydrogen-bond donors (Lipinski definition) is 9. The monoisotopic (exact) mass is 1510 g/mol. The zero-order valence-electron chi connectivity index (χ0n) is 58.6. The molecule has 9 N–H and O–H groups in total. The van der Waals surface area contributed by atoms with E-state index >= 15 is 52.7 Å². The minimum atomic E-state index is -6.13. The number of anilines is 2. The van der Waals surface area contributed by atoms with E-state index in [9.17, 15) is 63.9 Å². The Morgan fingerprint density at radius 3 is 1.29 bits per heavy atom. The van der Waals surface area contributed by atoms with Crippen LogP contribution in [-0.4, -0.2) is 96.5 Å². The minimum Gasteiger partial charge on any atom is -0.506 e. The van der Waals surface area contributed by atoms with Gasteiger partial charge in [-0.1, -0.05) is 89.2 Å². The molecule has 108 heavy (non-hydrogen) atoms. The lowest BCUT2D eigenvalue weighted by Gasteiger charge is -2.47. The molecule has 0 saturated carbocycles. The molecule has 0 aliphatic carbocycles. The van der Waals surface area contributed by atoms with Gasteiger partial charge < -0.3 is 51.5 Å². The first-order chi connectivity index (χ1) is 50.0. The van der Waals surface area contributed by atoms with E-state index < -0.39 is 189 Å². The van der Waals surface area contributed by atoms with Crippen molar-refractivity contribution in [1.29, 1.82) is 0 Å². The first-order valence-corrected chi connectivity index (χ1v) is 33.1. The number of aromatic carboxylic acids is 4. The van der Waals surface area contributed by atoms with E-state index in [1.807, 2.05) is 5.32 Å². The topological polar surface area (TPSA) is 295 Å². The van der Waals surface area contributed by atoms with Gasteiger partial charge in [-0.25, -0.2) is 19.2 Å². The lowest BCUT2D eigenvalue weighted by Crippen LogP contribution is -2.59. The van der Waals surface area contributed by atoms with Crippen molar-refractivity contribution in [2.24, 2.45) is 0 Å². The molecular weight excluding hydrogens is 1440 g/mol.